The van der Waals surface area contributed by atoms with Gasteiger partial charge in [-0.25, -0.2) is 0 Å². The second kappa shape index (κ2) is 10.6. The molecular weight excluding hydrogens is 324 g/mol. The maximum atomic E-state index is 12.2. The van der Waals surface area contributed by atoms with Gasteiger partial charge in [0.05, 0.1) is 12.1 Å². The number of ketones is 2. The predicted molar refractivity (Wildman–Crippen MR) is 105 cm³/mol. The topological polar surface area (TPSA) is 86.2 Å². The lowest BCUT2D eigenvalue weighted by atomic mass is 9.97. The van der Waals surface area contributed by atoms with E-state index in [1.807, 2.05) is 36.4 Å². The van der Waals surface area contributed by atoms with Crippen LogP contribution >= 0.6 is 0 Å². The molecule has 2 aromatic carbocycles. The number of rotatable bonds is 11. The molecule has 0 bridgehead atoms. The number of hydrogen-bond acceptors (Lipinski definition) is 4. The third-order valence-corrected chi connectivity index (χ3v) is 4.57. The number of carbonyl (C=O) groups is 2. The number of Topliss-reactive ketones (excluding diaryl/α,β-unsaturated/α-hetero) is 2. The summed E-state index contributed by atoms with van der Waals surface area (Å²) >= 11 is 0. The smallest absolute Gasteiger partial charge is 0.179 e. The molecule has 0 saturated carbocycles. The molecule has 0 radical (unpaired) electrons. The van der Waals surface area contributed by atoms with Gasteiger partial charge in [0, 0.05) is 11.1 Å². The van der Waals surface area contributed by atoms with Gasteiger partial charge in [-0.2, -0.15) is 0 Å². The summed E-state index contributed by atoms with van der Waals surface area (Å²) in [6.07, 6.45) is 5.15. The molecule has 0 heterocycles. The number of nitrogens with two attached hydrogens (primary N) is 2. The van der Waals surface area contributed by atoms with Crippen molar-refractivity contribution in [3.63, 3.8) is 0 Å². The normalized spacial score (nSPS) is 13.2. The van der Waals surface area contributed by atoms with E-state index < -0.39 is 12.1 Å². The van der Waals surface area contributed by atoms with Crippen molar-refractivity contribution < 1.29 is 9.59 Å². The van der Waals surface area contributed by atoms with Crippen LogP contribution in [0.3, 0.4) is 0 Å². The summed E-state index contributed by atoms with van der Waals surface area (Å²) in [7, 11) is 0. The molecule has 0 aromatic heterocycles. The van der Waals surface area contributed by atoms with Crippen molar-refractivity contribution in [1.82, 2.24) is 0 Å². The van der Waals surface area contributed by atoms with Crippen LogP contribution in [0.25, 0.3) is 0 Å². The Kier molecular flexibility index (Phi) is 8.19. The van der Waals surface area contributed by atoms with Crippen molar-refractivity contribution in [3.8, 4) is 0 Å². The lowest BCUT2D eigenvalue weighted by molar-refractivity contribution is 0.0947. The SMILES string of the molecule is N[C@@H](CCCCCC[C@H](N)C(=O)c1ccccc1)C(=O)c1ccccc1. The van der Waals surface area contributed by atoms with Crippen LogP contribution in [0.4, 0.5) is 0 Å². The van der Waals surface area contributed by atoms with Crippen LogP contribution in [0.15, 0.2) is 60.7 Å². The Bertz CT molecular complexity index is 624. The van der Waals surface area contributed by atoms with E-state index in [2.05, 4.69) is 0 Å². The molecule has 0 aliphatic rings. The molecule has 0 fully saturated rings. The van der Waals surface area contributed by atoms with Gasteiger partial charge in [-0.15, -0.1) is 0 Å². The molecular formula is C22H28N2O2. The van der Waals surface area contributed by atoms with Crippen molar-refractivity contribution in [3.05, 3.63) is 71.8 Å². The number of carbonyl (C=O) groups excluding carboxylic acids is 2. The maximum absolute atomic E-state index is 12.2. The Balaban J connectivity index is 1.60. The number of hydrogen-bond donors (Lipinski definition) is 2. The summed E-state index contributed by atoms with van der Waals surface area (Å²) in [5.74, 6) is 0.00200. The first-order valence-corrected chi connectivity index (χ1v) is 9.29. The standard InChI is InChI=1S/C22H28N2O2/c23-19(21(25)17-11-5-3-6-12-17)15-9-1-2-10-16-20(24)22(26)18-13-7-4-8-14-18/h3-8,11-14,19-20H,1-2,9-10,15-16,23-24H2/t19-,20-/m0/s1. The summed E-state index contributed by atoms with van der Waals surface area (Å²) in [5.41, 5.74) is 13.3. The van der Waals surface area contributed by atoms with Gasteiger partial charge in [0.2, 0.25) is 0 Å². The Labute approximate surface area is 155 Å². The van der Waals surface area contributed by atoms with Gasteiger partial charge in [-0.1, -0.05) is 86.3 Å². The van der Waals surface area contributed by atoms with E-state index in [9.17, 15) is 9.59 Å². The molecule has 4 N–H and O–H groups in total. The summed E-state index contributed by atoms with van der Waals surface area (Å²) < 4.78 is 0. The molecule has 0 amide bonds. The lowest BCUT2D eigenvalue weighted by Crippen LogP contribution is -2.30. The van der Waals surface area contributed by atoms with E-state index in [-0.39, 0.29) is 11.6 Å². The molecule has 26 heavy (non-hydrogen) atoms. The first kappa shape index (κ1) is 20.0. The zero-order valence-electron chi connectivity index (χ0n) is 15.1. The second-order valence-electron chi connectivity index (χ2n) is 6.67. The van der Waals surface area contributed by atoms with Crippen LogP contribution in [0.1, 0.15) is 59.2 Å². The summed E-state index contributed by atoms with van der Waals surface area (Å²) in [6.45, 7) is 0. The van der Waals surface area contributed by atoms with Crippen LogP contribution in [-0.4, -0.2) is 23.7 Å². The minimum Gasteiger partial charge on any atom is -0.321 e. The first-order chi connectivity index (χ1) is 12.6. The highest BCUT2D eigenvalue weighted by atomic mass is 16.1. The van der Waals surface area contributed by atoms with Gasteiger partial charge in [0.1, 0.15) is 0 Å². The highest BCUT2D eigenvalue weighted by Gasteiger charge is 2.16. The molecule has 138 valence electrons. The van der Waals surface area contributed by atoms with E-state index >= 15 is 0 Å². The minimum absolute atomic E-state index is 0.00100. The van der Waals surface area contributed by atoms with Crippen molar-refractivity contribution in [2.45, 2.75) is 50.6 Å². The van der Waals surface area contributed by atoms with Crippen LogP contribution in [0.2, 0.25) is 0 Å². The van der Waals surface area contributed by atoms with Crippen molar-refractivity contribution in [2.75, 3.05) is 0 Å². The molecule has 0 spiro atoms. The molecule has 4 nitrogen and oxygen atoms in total. The van der Waals surface area contributed by atoms with Crippen LogP contribution < -0.4 is 11.5 Å². The van der Waals surface area contributed by atoms with Crippen molar-refractivity contribution >= 4 is 11.6 Å². The van der Waals surface area contributed by atoms with Gasteiger partial charge in [-0.05, 0) is 12.8 Å². The summed E-state index contributed by atoms with van der Waals surface area (Å²) in [4.78, 5) is 24.4. The third kappa shape index (κ3) is 6.21. The Hall–Kier alpha value is -2.30. The van der Waals surface area contributed by atoms with E-state index in [1.165, 1.54) is 0 Å². The van der Waals surface area contributed by atoms with Crippen molar-refractivity contribution in [1.29, 1.82) is 0 Å². The fourth-order valence-electron chi connectivity index (χ4n) is 2.98. The van der Waals surface area contributed by atoms with E-state index in [0.717, 1.165) is 25.7 Å². The molecule has 0 aliphatic heterocycles. The molecule has 0 aliphatic carbocycles. The average Bonchev–Trinajstić information content (AvgIpc) is 2.70. The van der Waals surface area contributed by atoms with Gasteiger partial charge in [0.25, 0.3) is 0 Å². The van der Waals surface area contributed by atoms with Gasteiger partial charge in [-0.3, -0.25) is 9.59 Å². The van der Waals surface area contributed by atoms with Crippen molar-refractivity contribution in [2.24, 2.45) is 11.5 Å². The second-order valence-corrected chi connectivity index (χ2v) is 6.67. The highest BCUT2D eigenvalue weighted by Crippen LogP contribution is 2.12. The molecule has 0 saturated heterocycles. The van der Waals surface area contributed by atoms with Crippen LogP contribution in [0.5, 0.6) is 0 Å². The monoisotopic (exact) mass is 352 g/mol. The fourth-order valence-corrected chi connectivity index (χ4v) is 2.98. The largest absolute Gasteiger partial charge is 0.321 e. The zero-order valence-corrected chi connectivity index (χ0v) is 15.1. The summed E-state index contributed by atoms with van der Waals surface area (Å²) in [6, 6.07) is 17.5. The van der Waals surface area contributed by atoms with Gasteiger partial charge in [0.15, 0.2) is 11.6 Å². The number of benzene rings is 2. The van der Waals surface area contributed by atoms with Gasteiger partial charge < -0.3 is 11.5 Å². The third-order valence-electron chi connectivity index (χ3n) is 4.57. The van der Waals surface area contributed by atoms with Crippen LogP contribution in [-0.2, 0) is 0 Å². The quantitative estimate of drug-likeness (QED) is 0.476. The first-order valence-electron chi connectivity index (χ1n) is 9.29. The number of unbranched alkanes of at least 4 members (excludes halogenated alkanes) is 3. The van der Waals surface area contributed by atoms with Gasteiger partial charge >= 0.3 is 0 Å². The lowest BCUT2D eigenvalue weighted by Gasteiger charge is -2.12. The minimum atomic E-state index is -0.445. The average molecular weight is 352 g/mol. The highest BCUT2D eigenvalue weighted by molar-refractivity contribution is 6.00. The Morgan fingerprint density at radius 3 is 1.31 bits per heavy atom. The molecule has 4 heteroatoms. The maximum Gasteiger partial charge on any atom is 0.179 e. The van der Waals surface area contributed by atoms with E-state index in [0.29, 0.717) is 24.0 Å². The molecule has 0 unspecified atom stereocenters. The van der Waals surface area contributed by atoms with E-state index in [1.54, 1.807) is 24.3 Å². The zero-order chi connectivity index (χ0) is 18.8. The van der Waals surface area contributed by atoms with Crippen LogP contribution in [0, 0.1) is 0 Å². The molecule has 2 atom stereocenters. The predicted octanol–water partition coefficient (Wildman–Crippen LogP) is 3.75. The molecule has 2 rings (SSSR count). The Morgan fingerprint density at radius 2 is 0.962 bits per heavy atom. The van der Waals surface area contributed by atoms with E-state index in [4.69, 9.17) is 11.5 Å². The Morgan fingerprint density at radius 1 is 0.615 bits per heavy atom. The molecule has 2 aromatic rings. The fraction of sp³-hybridized carbons (Fsp3) is 0.364. The summed E-state index contributed by atoms with van der Waals surface area (Å²) in [5, 5.41) is 0.